The van der Waals surface area contributed by atoms with Crippen molar-refractivity contribution < 1.29 is 18.6 Å². The second-order valence-electron chi connectivity index (χ2n) is 9.10. The molecule has 0 amide bonds. The number of halogens is 1. The second kappa shape index (κ2) is 11.3. The van der Waals surface area contributed by atoms with Crippen molar-refractivity contribution in [3.05, 3.63) is 101 Å². The van der Waals surface area contributed by atoms with Crippen molar-refractivity contribution in [3.63, 3.8) is 0 Å². The number of pyridine rings is 1. The summed E-state index contributed by atoms with van der Waals surface area (Å²) in [6.07, 6.45) is 1.46. The van der Waals surface area contributed by atoms with Crippen LogP contribution in [0.5, 0.6) is 17.2 Å². The van der Waals surface area contributed by atoms with Crippen LogP contribution in [0.2, 0.25) is 0 Å². The molecule has 0 spiro atoms. The molecule has 7 nitrogen and oxygen atoms in total. The third kappa shape index (κ3) is 5.45. The van der Waals surface area contributed by atoms with Crippen molar-refractivity contribution in [3.8, 4) is 28.5 Å². The summed E-state index contributed by atoms with van der Waals surface area (Å²) in [5.41, 5.74) is 5.53. The summed E-state index contributed by atoms with van der Waals surface area (Å²) in [4.78, 5) is 13.2. The van der Waals surface area contributed by atoms with Crippen molar-refractivity contribution in [2.45, 2.75) is 27.0 Å². The number of hydrogen-bond donors (Lipinski definition) is 1. The first-order chi connectivity index (χ1) is 19.0. The topological polar surface area (TPSA) is 78.4 Å². The van der Waals surface area contributed by atoms with E-state index < -0.39 is 5.95 Å². The molecule has 198 valence electrons. The van der Waals surface area contributed by atoms with Crippen LogP contribution < -0.4 is 19.5 Å². The molecule has 0 aliphatic heterocycles. The summed E-state index contributed by atoms with van der Waals surface area (Å²) in [6.45, 7) is 4.75. The molecule has 1 N–H and O–H groups in total. The van der Waals surface area contributed by atoms with Crippen molar-refractivity contribution in [1.82, 2.24) is 15.0 Å². The van der Waals surface area contributed by atoms with Crippen LogP contribution in [0.3, 0.4) is 0 Å². The minimum absolute atomic E-state index is 0.402. The Morgan fingerprint density at radius 2 is 1.69 bits per heavy atom. The van der Waals surface area contributed by atoms with Crippen LogP contribution in [0, 0.1) is 19.8 Å². The maximum Gasteiger partial charge on any atom is 0.214 e. The van der Waals surface area contributed by atoms with Crippen molar-refractivity contribution in [2.75, 3.05) is 19.5 Å². The van der Waals surface area contributed by atoms with Crippen LogP contribution in [-0.2, 0) is 13.2 Å². The molecule has 5 aromatic rings. The van der Waals surface area contributed by atoms with Gasteiger partial charge in [-0.05, 0) is 43.2 Å². The van der Waals surface area contributed by atoms with Gasteiger partial charge in [-0.15, -0.1) is 0 Å². The van der Waals surface area contributed by atoms with E-state index in [4.69, 9.17) is 14.2 Å². The Bertz CT molecular complexity index is 1630. The molecule has 0 atom stereocenters. The van der Waals surface area contributed by atoms with Crippen LogP contribution in [0.4, 0.5) is 10.2 Å². The number of anilines is 1. The van der Waals surface area contributed by atoms with E-state index >= 15 is 4.39 Å². The number of aryl methyl sites for hydroxylation is 1. The summed E-state index contributed by atoms with van der Waals surface area (Å²) >= 11 is 0. The van der Waals surface area contributed by atoms with Gasteiger partial charge in [-0.1, -0.05) is 36.4 Å². The van der Waals surface area contributed by atoms with E-state index in [2.05, 4.69) is 20.3 Å². The number of aromatic nitrogens is 3. The zero-order valence-electron chi connectivity index (χ0n) is 22.3. The predicted octanol–water partition coefficient (Wildman–Crippen LogP) is 6.66. The fourth-order valence-electron chi connectivity index (χ4n) is 4.61. The number of hydrogen-bond acceptors (Lipinski definition) is 7. The average Bonchev–Trinajstić information content (AvgIpc) is 2.96. The monoisotopic (exact) mass is 524 g/mol. The molecule has 3 aromatic carbocycles. The first-order valence-electron chi connectivity index (χ1n) is 12.5. The number of nitrogens with one attached hydrogen (secondary N) is 1. The number of fused-ring (bicyclic) bond motifs is 1. The van der Waals surface area contributed by atoms with E-state index in [0.717, 1.165) is 27.8 Å². The first kappa shape index (κ1) is 25.9. The molecule has 39 heavy (non-hydrogen) atoms. The lowest BCUT2D eigenvalue weighted by atomic mass is 9.97. The quantitative estimate of drug-likeness (QED) is 0.216. The van der Waals surface area contributed by atoms with Crippen LogP contribution in [-0.4, -0.2) is 29.2 Å². The highest BCUT2D eigenvalue weighted by Crippen LogP contribution is 2.37. The van der Waals surface area contributed by atoms with Crippen molar-refractivity contribution in [2.24, 2.45) is 0 Å². The van der Waals surface area contributed by atoms with Gasteiger partial charge in [0.05, 0.1) is 14.2 Å². The average molecular weight is 525 g/mol. The summed E-state index contributed by atoms with van der Waals surface area (Å²) in [5.74, 6) is 1.95. The molecule has 0 unspecified atom stereocenters. The van der Waals surface area contributed by atoms with Crippen LogP contribution in [0.1, 0.15) is 22.3 Å². The Kier molecular flexibility index (Phi) is 7.54. The highest BCUT2D eigenvalue weighted by molar-refractivity contribution is 5.98. The van der Waals surface area contributed by atoms with Gasteiger partial charge in [-0.25, -0.2) is 15.0 Å². The zero-order valence-corrected chi connectivity index (χ0v) is 22.3. The minimum atomic E-state index is -0.619. The molecular weight excluding hydrogens is 495 g/mol. The van der Waals surface area contributed by atoms with Crippen molar-refractivity contribution in [1.29, 1.82) is 0 Å². The van der Waals surface area contributed by atoms with Gasteiger partial charge in [0.25, 0.3) is 0 Å². The van der Waals surface area contributed by atoms with Gasteiger partial charge >= 0.3 is 0 Å². The van der Waals surface area contributed by atoms with Crippen molar-refractivity contribution >= 4 is 16.7 Å². The van der Waals surface area contributed by atoms with E-state index in [9.17, 15) is 0 Å². The fourth-order valence-corrected chi connectivity index (χ4v) is 4.61. The third-order valence-corrected chi connectivity index (χ3v) is 6.63. The number of rotatable bonds is 9. The van der Waals surface area contributed by atoms with E-state index in [-0.39, 0.29) is 0 Å². The van der Waals surface area contributed by atoms with E-state index in [1.165, 1.54) is 12.4 Å². The molecule has 0 aliphatic rings. The van der Waals surface area contributed by atoms with Gasteiger partial charge in [0.2, 0.25) is 5.95 Å². The SMILES string of the molecule is COc1ccc(CNc2ncnc3c(-c4c(C)ccc(OCc5ccccc5)c4C)nc(F)cc23)c(OC)c1. The normalized spacial score (nSPS) is 10.9. The summed E-state index contributed by atoms with van der Waals surface area (Å²) in [7, 11) is 3.21. The summed E-state index contributed by atoms with van der Waals surface area (Å²) in [6, 6.07) is 20.8. The molecule has 5 rings (SSSR count). The lowest BCUT2D eigenvalue weighted by molar-refractivity contribution is 0.304. The lowest BCUT2D eigenvalue weighted by Gasteiger charge is -2.17. The minimum Gasteiger partial charge on any atom is -0.497 e. The Morgan fingerprint density at radius 1 is 0.872 bits per heavy atom. The lowest BCUT2D eigenvalue weighted by Crippen LogP contribution is -2.06. The first-order valence-corrected chi connectivity index (χ1v) is 12.5. The molecule has 0 fully saturated rings. The van der Waals surface area contributed by atoms with Crippen LogP contribution in [0.25, 0.3) is 22.2 Å². The fraction of sp³-hybridized carbons (Fsp3) is 0.194. The number of nitrogens with zero attached hydrogens (tertiary/aromatic N) is 3. The maximum atomic E-state index is 15.0. The Labute approximate surface area is 226 Å². The molecule has 0 saturated heterocycles. The highest BCUT2D eigenvalue weighted by Gasteiger charge is 2.19. The highest BCUT2D eigenvalue weighted by atomic mass is 19.1. The van der Waals surface area contributed by atoms with Gasteiger partial charge in [0.1, 0.15) is 47.2 Å². The number of ether oxygens (including phenoxy) is 3. The predicted molar refractivity (Wildman–Crippen MR) is 150 cm³/mol. The molecule has 8 heteroatoms. The van der Waals surface area contributed by atoms with Crippen LogP contribution >= 0.6 is 0 Å². The third-order valence-electron chi connectivity index (χ3n) is 6.63. The molecule has 0 saturated carbocycles. The number of methoxy groups -OCH3 is 2. The molecular formula is C31H29FN4O3. The Morgan fingerprint density at radius 3 is 2.46 bits per heavy atom. The molecule has 2 heterocycles. The van der Waals surface area contributed by atoms with E-state index in [1.807, 2.05) is 74.5 Å². The maximum absolute atomic E-state index is 15.0. The van der Waals surface area contributed by atoms with E-state index in [1.54, 1.807) is 14.2 Å². The second-order valence-corrected chi connectivity index (χ2v) is 9.10. The molecule has 0 radical (unpaired) electrons. The standard InChI is InChI=1S/C31H29FN4O3/c1-19-10-13-25(39-17-21-8-6-5-7-9-21)20(2)28(19)30-29-24(15-27(32)36-30)31(35-18-34-29)33-16-22-11-12-23(37-3)14-26(22)38-4/h5-15,18H,16-17H2,1-4H3,(H,33,34,35). The van der Waals surface area contributed by atoms with Gasteiger partial charge in [0, 0.05) is 40.8 Å². The summed E-state index contributed by atoms with van der Waals surface area (Å²) in [5, 5.41) is 3.84. The zero-order chi connectivity index (χ0) is 27.4. The molecule has 2 aromatic heterocycles. The smallest absolute Gasteiger partial charge is 0.214 e. The van der Waals surface area contributed by atoms with Gasteiger partial charge in [0.15, 0.2) is 0 Å². The molecule has 0 bridgehead atoms. The largest absolute Gasteiger partial charge is 0.497 e. The van der Waals surface area contributed by atoms with Gasteiger partial charge < -0.3 is 19.5 Å². The van der Waals surface area contributed by atoms with Gasteiger partial charge in [-0.3, -0.25) is 0 Å². The molecule has 0 aliphatic carbocycles. The summed E-state index contributed by atoms with van der Waals surface area (Å²) < 4.78 is 31.9. The number of benzene rings is 3. The van der Waals surface area contributed by atoms with Crippen LogP contribution in [0.15, 0.2) is 73.1 Å². The van der Waals surface area contributed by atoms with E-state index in [0.29, 0.717) is 52.8 Å². The van der Waals surface area contributed by atoms with Gasteiger partial charge in [-0.2, -0.15) is 4.39 Å². The Hall–Kier alpha value is -4.72. The Balaban J connectivity index is 1.51.